The Bertz CT molecular complexity index is 901. The molecule has 0 heterocycles. The number of hydrogen-bond donors (Lipinski definition) is 1. The number of phenolic OH excluding ortho intramolecular Hbond substituents is 1. The predicted molar refractivity (Wildman–Crippen MR) is 120 cm³/mol. The van der Waals surface area contributed by atoms with Crippen LogP contribution in [0.3, 0.4) is 0 Å². The number of carbonyl (C=O) groups is 1. The third kappa shape index (κ3) is 5.96. The number of aryl methyl sites for hydroxylation is 2. The van der Waals surface area contributed by atoms with Crippen molar-refractivity contribution in [3.63, 3.8) is 0 Å². The molecule has 0 amide bonds. The van der Waals surface area contributed by atoms with Gasteiger partial charge in [0.25, 0.3) is 0 Å². The fourth-order valence-electron chi connectivity index (χ4n) is 3.38. The molecule has 0 bridgehead atoms. The molecule has 0 aliphatic rings. The lowest BCUT2D eigenvalue weighted by molar-refractivity contribution is -0.130. The molecule has 2 aromatic carbocycles. The van der Waals surface area contributed by atoms with Gasteiger partial charge in [0.2, 0.25) is 0 Å². The third-order valence-electron chi connectivity index (χ3n) is 5.06. The first-order valence-electron chi connectivity index (χ1n) is 10.4. The van der Waals surface area contributed by atoms with Crippen LogP contribution in [-0.2, 0) is 16.6 Å². The minimum absolute atomic E-state index is 0.163. The largest absolute Gasteiger partial charge is 0.507 e. The molecule has 29 heavy (non-hydrogen) atoms. The highest BCUT2D eigenvalue weighted by atomic mass is 16.5. The van der Waals surface area contributed by atoms with Crippen molar-refractivity contribution in [2.75, 3.05) is 0 Å². The van der Waals surface area contributed by atoms with Gasteiger partial charge in [-0.05, 0) is 54.9 Å². The highest BCUT2D eigenvalue weighted by Crippen LogP contribution is 2.36. The SMILES string of the molecule is C=C(CCCC)C(=O)Oc1ccc(C)cc1Cc1cc(C)cc(C(C)(C)C)c1O. The lowest BCUT2D eigenvalue weighted by atomic mass is 9.83. The zero-order chi connectivity index (χ0) is 21.8. The van der Waals surface area contributed by atoms with Crippen LogP contribution in [0.1, 0.15) is 74.8 Å². The molecule has 1 N–H and O–H groups in total. The number of phenols is 1. The molecule has 3 nitrogen and oxygen atoms in total. The second kappa shape index (κ2) is 9.30. The van der Waals surface area contributed by atoms with Gasteiger partial charge >= 0.3 is 5.97 Å². The fraction of sp³-hybridized carbons (Fsp3) is 0.423. The highest BCUT2D eigenvalue weighted by molar-refractivity contribution is 5.89. The number of carbonyl (C=O) groups excluding carboxylic acids is 1. The summed E-state index contributed by atoms with van der Waals surface area (Å²) in [7, 11) is 0. The summed E-state index contributed by atoms with van der Waals surface area (Å²) in [5.41, 5.74) is 5.14. The van der Waals surface area contributed by atoms with E-state index in [0.29, 0.717) is 29.9 Å². The Morgan fingerprint density at radius 3 is 2.34 bits per heavy atom. The number of aromatic hydroxyl groups is 1. The van der Waals surface area contributed by atoms with Crippen molar-refractivity contribution in [2.24, 2.45) is 0 Å². The molecule has 2 aromatic rings. The van der Waals surface area contributed by atoms with Crippen molar-refractivity contribution in [1.82, 2.24) is 0 Å². The average Bonchev–Trinajstić information content (AvgIpc) is 2.63. The maximum atomic E-state index is 12.4. The van der Waals surface area contributed by atoms with Gasteiger partial charge in [-0.2, -0.15) is 0 Å². The molecule has 0 aliphatic carbocycles. The molecular weight excluding hydrogens is 360 g/mol. The Kier molecular flexibility index (Phi) is 7.29. The quantitative estimate of drug-likeness (QED) is 0.329. The molecule has 0 saturated carbocycles. The van der Waals surface area contributed by atoms with Crippen LogP contribution in [0.25, 0.3) is 0 Å². The van der Waals surface area contributed by atoms with Gasteiger partial charge in [-0.3, -0.25) is 0 Å². The van der Waals surface area contributed by atoms with Crippen LogP contribution in [0.5, 0.6) is 11.5 Å². The van der Waals surface area contributed by atoms with Crippen molar-refractivity contribution in [1.29, 1.82) is 0 Å². The van der Waals surface area contributed by atoms with Gasteiger partial charge in [0.1, 0.15) is 11.5 Å². The maximum Gasteiger partial charge on any atom is 0.338 e. The van der Waals surface area contributed by atoms with E-state index in [1.165, 1.54) is 0 Å². The zero-order valence-electron chi connectivity index (χ0n) is 18.7. The minimum Gasteiger partial charge on any atom is -0.507 e. The van der Waals surface area contributed by atoms with Gasteiger partial charge in [-0.25, -0.2) is 4.79 Å². The summed E-state index contributed by atoms with van der Waals surface area (Å²) < 4.78 is 5.68. The number of benzene rings is 2. The monoisotopic (exact) mass is 394 g/mol. The molecule has 0 atom stereocenters. The summed E-state index contributed by atoms with van der Waals surface area (Å²) in [5.74, 6) is 0.457. The number of ether oxygens (including phenoxy) is 1. The third-order valence-corrected chi connectivity index (χ3v) is 5.06. The Labute approximate surface area is 175 Å². The zero-order valence-corrected chi connectivity index (χ0v) is 18.7. The van der Waals surface area contributed by atoms with Crippen LogP contribution >= 0.6 is 0 Å². The van der Waals surface area contributed by atoms with Crippen LogP contribution in [-0.4, -0.2) is 11.1 Å². The van der Waals surface area contributed by atoms with E-state index in [4.69, 9.17) is 4.74 Å². The van der Waals surface area contributed by atoms with Crippen LogP contribution < -0.4 is 4.74 Å². The summed E-state index contributed by atoms with van der Waals surface area (Å²) in [4.78, 5) is 12.4. The summed E-state index contributed by atoms with van der Waals surface area (Å²) in [6, 6.07) is 9.80. The van der Waals surface area contributed by atoms with Crippen molar-refractivity contribution < 1.29 is 14.6 Å². The lowest BCUT2D eigenvalue weighted by Gasteiger charge is -2.23. The topological polar surface area (TPSA) is 46.5 Å². The molecule has 3 heteroatoms. The Balaban J connectivity index is 2.37. The summed E-state index contributed by atoms with van der Waals surface area (Å²) in [5, 5.41) is 10.9. The van der Waals surface area contributed by atoms with E-state index in [1.54, 1.807) is 0 Å². The number of unbranched alkanes of at least 4 members (excludes halogenated alkanes) is 1. The fourth-order valence-corrected chi connectivity index (χ4v) is 3.38. The summed E-state index contributed by atoms with van der Waals surface area (Å²) in [6.45, 7) is 16.3. The molecule has 0 radical (unpaired) electrons. The molecule has 0 aliphatic heterocycles. The van der Waals surface area contributed by atoms with Gasteiger partial charge < -0.3 is 9.84 Å². The van der Waals surface area contributed by atoms with E-state index in [9.17, 15) is 9.90 Å². The Morgan fingerprint density at radius 2 is 1.72 bits per heavy atom. The second-order valence-corrected chi connectivity index (χ2v) is 8.95. The molecule has 0 unspecified atom stereocenters. The minimum atomic E-state index is -0.382. The number of esters is 1. The van der Waals surface area contributed by atoms with E-state index < -0.39 is 0 Å². The van der Waals surface area contributed by atoms with Crippen molar-refractivity contribution in [3.05, 3.63) is 70.3 Å². The van der Waals surface area contributed by atoms with E-state index >= 15 is 0 Å². The first kappa shape index (κ1) is 22.7. The molecule has 0 saturated heterocycles. The smallest absolute Gasteiger partial charge is 0.338 e. The van der Waals surface area contributed by atoms with Crippen LogP contribution in [0.2, 0.25) is 0 Å². The van der Waals surface area contributed by atoms with Gasteiger partial charge in [-0.15, -0.1) is 0 Å². The molecule has 0 fully saturated rings. The van der Waals surface area contributed by atoms with E-state index in [-0.39, 0.29) is 11.4 Å². The van der Waals surface area contributed by atoms with Crippen molar-refractivity contribution in [3.8, 4) is 11.5 Å². The second-order valence-electron chi connectivity index (χ2n) is 8.95. The highest BCUT2D eigenvalue weighted by Gasteiger charge is 2.22. The van der Waals surface area contributed by atoms with E-state index in [0.717, 1.165) is 40.7 Å². The Morgan fingerprint density at radius 1 is 1.07 bits per heavy atom. The number of rotatable bonds is 7. The Hall–Kier alpha value is -2.55. The number of hydrogen-bond acceptors (Lipinski definition) is 3. The predicted octanol–water partition coefficient (Wildman–Crippen LogP) is 6.55. The molecule has 2 rings (SSSR count). The van der Waals surface area contributed by atoms with Crippen LogP contribution in [0.15, 0.2) is 42.5 Å². The van der Waals surface area contributed by atoms with Gasteiger partial charge in [0.15, 0.2) is 0 Å². The normalized spacial score (nSPS) is 11.4. The van der Waals surface area contributed by atoms with Crippen molar-refractivity contribution in [2.45, 2.75) is 72.6 Å². The first-order valence-corrected chi connectivity index (χ1v) is 10.4. The maximum absolute atomic E-state index is 12.4. The molecule has 0 spiro atoms. The summed E-state index contributed by atoms with van der Waals surface area (Å²) in [6.07, 6.45) is 3.05. The van der Waals surface area contributed by atoms with Gasteiger partial charge in [0, 0.05) is 12.0 Å². The molecule has 156 valence electrons. The molecule has 0 aromatic heterocycles. The van der Waals surface area contributed by atoms with E-state index in [1.807, 2.05) is 44.2 Å². The van der Waals surface area contributed by atoms with Crippen molar-refractivity contribution >= 4 is 5.97 Å². The van der Waals surface area contributed by atoms with Gasteiger partial charge in [0.05, 0.1) is 0 Å². The average molecular weight is 395 g/mol. The lowest BCUT2D eigenvalue weighted by Crippen LogP contribution is -2.13. The summed E-state index contributed by atoms with van der Waals surface area (Å²) >= 11 is 0. The molecular formula is C26H34O3. The van der Waals surface area contributed by atoms with Crippen LogP contribution in [0, 0.1) is 13.8 Å². The van der Waals surface area contributed by atoms with E-state index in [2.05, 4.69) is 34.3 Å². The van der Waals surface area contributed by atoms with Gasteiger partial charge in [-0.1, -0.05) is 76.1 Å². The first-order chi connectivity index (χ1) is 13.5. The standard InChI is InChI=1S/C26H34O3/c1-8-9-10-19(4)25(28)29-23-12-11-17(2)13-20(23)16-21-14-18(3)15-22(24(21)27)26(5,6)7/h11-15,27H,4,8-10,16H2,1-3,5-7H3. The van der Waals surface area contributed by atoms with Crippen LogP contribution in [0.4, 0.5) is 0 Å².